The first-order valence-corrected chi connectivity index (χ1v) is 35.4. The Kier molecular flexibility index (Phi) is 12.4. The molecule has 0 fully saturated rings. The summed E-state index contributed by atoms with van der Waals surface area (Å²) in [6.07, 6.45) is 0. The van der Waals surface area contributed by atoms with Crippen molar-refractivity contribution in [2.75, 3.05) is 14.7 Å². The first-order chi connectivity index (χ1) is 47.9. The summed E-state index contributed by atoms with van der Waals surface area (Å²) in [6, 6.07) is 114. The van der Waals surface area contributed by atoms with Crippen molar-refractivity contribution in [1.29, 1.82) is 0 Å². The molecule has 462 valence electrons. The van der Waals surface area contributed by atoms with Crippen LogP contribution < -0.4 is 47.5 Å². The van der Waals surface area contributed by atoms with Crippen molar-refractivity contribution in [1.82, 2.24) is 0 Å². The van der Waals surface area contributed by atoms with Crippen LogP contribution in [-0.4, -0.2) is 13.4 Å². The van der Waals surface area contributed by atoms with E-state index in [1.54, 1.807) is 0 Å². The van der Waals surface area contributed by atoms with E-state index in [9.17, 15) is 0 Å². The van der Waals surface area contributed by atoms with Gasteiger partial charge >= 0.3 is 0 Å². The van der Waals surface area contributed by atoms with E-state index in [2.05, 4.69) is 353 Å². The fourth-order valence-corrected chi connectivity index (χ4v) is 18.6. The summed E-state index contributed by atoms with van der Waals surface area (Å²) in [4.78, 5) is 10.7. The molecular weight excluding hydrogens is 1200 g/mol. The van der Waals surface area contributed by atoms with Crippen molar-refractivity contribution >= 4 is 174 Å². The number of para-hydroxylation sites is 2. The second-order valence-corrected chi connectivity index (χ2v) is 30.5. The van der Waals surface area contributed by atoms with Crippen LogP contribution in [-0.2, 0) is 10.8 Å². The fourth-order valence-electron chi connectivity index (χ4n) is 17.4. The lowest BCUT2D eigenvalue weighted by molar-refractivity contribution is 0.589. The van der Waals surface area contributed by atoms with Gasteiger partial charge in [-0.25, -0.2) is 0 Å². The Bertz CT molecular complexity index is 5980. The smallest absolute Gasteiger partial charge is 0.252 e. The average Bonchev–Trinajstić information content (AvgIpc) is 0.684. The fraction of sp³-hybridized carbons (Fsp3) is 0.0870. The topological polar surface area (TPSA) is 9.72 Å². The molecule has 6 heteroatoms. The molecule has 0 saturated carbocycles. The molecule has 3 nitrogen and oxygen atoms in total. The molecule has 98 heavy (non-hydrogen) atoms. The molecule has 0 amide bonds. The third kappa shape index (κ3) is 8.40. The largest absolute Gasteiger partial charge is 0.311 e. The Morgan fingerprint density at radius 1 is 0.255 bits per heavy atom. The van der Waals surface area contributed by atoms with Gasteiger partial charge < -0.3 is 14.7 Å². The molecule has 20 rings (SSSR count). The summed E-state index contributed by atoms with van der Waals surface area (Å²) in [5.74, 6) is 0. The number of fused-ring (bicyclic) bond motifs is 20. The summed E-state index contributed by atoms with van der Waals surface area (Å²) < 4.78 is 0. The van der Waals surface area contributed by atoms with Crippen LogP contribution in [0.5, 0.6) is 0 Å². The van der Waals surface area contributed by atoms with Gasteiger partial charge in [-0.2, -0.15) is 0 Å². The van der Waals surface area contributed by atoms with E-state index in [0.717, 1.165) is 17.1 Å². The second-order valence-electron chi connectivity index (χ2n) is 29.5. The highest BCUT2D eigenvalue weighted by atomic mass is 32.2. The third-order valence-electron chi connectivity index (χ3n) is 21.9. The monoisotopic (exact) mass is 1270 g/mol. The highest BCUT2D eigenvalue weighted by Gasteiger charge is 2.49. The normalized spacial score (nSPS) is 13.7. The Balaban J connectivity index is 0.940. The van der Waals surface area contributed by atoms with Crippen LogP contribution in [0.1, 0.15) is 52.7 Å². The predicted molar refractivity (Wildman–Crippen MR) is 424 cm³/mol. The Labute approximate surface area is 577 Å². The second kappa shape index (κ2) is 21.2. The summed E-state index contributed by atoms with van der Waals surface area (Å²) in [5.41, 5.74) is 25.4. The summed E-state index contributed by atoms with van der Waals surface area (Å²) in [7, 11) is 0. The molecule has 0 spiro atoms. The van der Waals surface area contributed by atoms with E-state index >= 15 is 0 Å². The van der Waals surface area contributed by atoms with Gasteiger partial charge in [0.1, 0.15) is 0 Å². The van der Waals surface area contributed by atoms with Crippen molar-refractivity contribution in [2.24, 2.45) is 0 Å². The summed E-state index contributed by atoms with van der Waals surface area (Å²) >= 11 is 1.94. The molecule has 0 aliphatic carbocycles. The zero-order chi connectivity index (χ0) is 65.4. The van der Waals surface area contributed by atoms with Crippen LogP contribution in [0.25, 0.3) is 86.9 Å². The van der Waals surface area contributed by atoms with E-state index in [1.165, 1.54) is 175 Å². The number of rotatable bonds is 5. The van der Waals surface area contributed by atoms with Crippen molar-refractivity contribution in [2.45, 2.75) is 62.2 Å². The van der Waals surface area contributed by atoms with Crippen LogP contribution in [0.4, 0.5) is 51.2 Å². The molecule has 0 bridgehead atoms. The number of nitrogens with zero attached hydrogens (tertiary/aromatic N) is 3. The maximum Gasteiger partial charge on any atom is 0.252 e. The molecule has 0 unspecified atom stereocenters. The molecule has 4 aliphatic heterocycles. The van der Waals surface area contributed by atoms with Gasteiger partial charge in [-0.05, 0) is 192 Å². The Hall–Kier alpha value is -11.0. The maximum atomic E-state index is 2.70. The average molecular weight is 1270 g/mol. The van der Waals surface area contributed by atoms with Crippen LogP contribution in [0, 0.1) is 0 Å². The van der Waals surface area contributed by atoms with Gasteiger partial charge in [0, 0.05) is 66.4 Å². The minimum absolute atomic E-state index is 0.0624. The third-order valence-corrected chi connectivity index (χ3v) is 23.1. The standard InChI is InChI=1S/C92H67B2N3S/c1-91(2,3)58-48-83-88-84(49-58)97(90-62(56-26-9-7-10-27-56)38-25-39-63(90)57-28-11-8-12-29-57)80-42-23-21-40-76(80)93(88)78-54-79-82(55-81(78)95(83)60-44-46-72-68-34-15-13-30-64(68)66-32-17-19-36-70(66)74(72)52-60)96(61-45-47-73-69-35-16-14-31-65(69)67-33-18-20-37-71(67)75(73)53-61)85-50-59(92(4,5)6)51-87-89(85)94(79)77-41-22-24-43-86(77)98-87/h7-55H,1-6H3. The van der Waals surface area contributed by atoms with Crippen LogP contribution >= 0.6 is 11.8 Å². The number of benzene rings is 16. The lowest BCUT2D eigenvalue weighted by atomic mass is 9.30. The molecule has 0 N–H and O–H groups in total. The summed E-state index contributed by atoms with van der Waals surface area (Å²) in [6.45, 7) is 14.1. The Morgan fingerprint density at radius 3 is 1.13 bits per heavy atom. The van der Waals surface area contributed by atoms with Crippen molar-refractivity contribution in [3.63, 3.8) is 0 Å². The first kappa shape index (κ1) is 57.2. The van der Waals surface area contributed by atoms with E-state index in [0.29, 0.717) is 0 Å². The number of anilines is 9. The minimum Gasteiger partial charge on any atom is -0.311 e. The minimum atomic E-state index is -0.258. The van der Waals surface area contributed by atoms with Crippen LogP contribution in [0.2, 0.25) is 0 Å². The van der Waals surface area contributed by atoms with Gasteiger partial charge in [0.15, 0.2) is 0 Å². The lowest BCUT2D eigenvalue weighted by Gasteiger charge is -2.47. The molecule has 16 aromatic carbocycles. The number of hydrogen-bond acceptors (Lipinski definition) is 4. The van der Waals surface area contributed by atoms with Crippen molar-refractivity contribution in [3.8, 4) is 22.3 Å². The van der Waals surface area contributed by atoms with E-state index in [4.69, 9.17) is 0 Å². The highest BCUT2D eigenvalue weighted by molar-refractivity contribution is 8.00. The van der Waals surface area contributed by atoms with E-state index in [-0.39, 0.29) is 24.3 Å². The predicted octanol–water partition coefficient (Wildman–Crippen LogP) is 21.4. The quantitative estimate of drug-likeness (QED) is 0.125. The molecule has 16 aromatic rings. The van der Waals surface area contributed by atoms with Crippen molar-refractivity contribution < 1.29 is 0 Å². The van der Waals surface area contributed by atoms with Gasteiger partial charge in [-0.1, -0.05) is 289 Å². The molecule has 4 heterocycles. The lowest BCUT2D eigenvalue weighted by Crippen LogP contribution is -2.64. The maximum absolute atomic E-state index is 2.70. The van der Waals surface area contributed by atoms with Gasteiger partial charge in [-0.15, -0.1) is 0 Å². The first-order valence-electron chi connectivity index (χ1n) is 34.6. The number of hydrogen-bond donors (Lipinski definition) is 0. The van der Waals surface area contributed by atoms with Crippen LogP contribution in [0.15, 0.2) is 307 Å². The Morgan fingerprint density at radius 2 is 0.643 bits per heavy atom. The molecule has 0 aromatic heterocycles. The van der Waals surface area contributed by atoms with Crippen LogP contribution in [0.3, 0.4) is 0 Å². The van der Waals surface area contributed by atoms with E-state index in [1.807, 2.05) is 11.8 Å². The SMILES string of the molecule is CC(C)(C)c1cc2c3c(c1)N(c1ccc4c5ccccc5c5ccccc5c4c1)c1cc4c(cc1B3c1ccccc1S2)B1c2ccccc2N(c2c(-c3ccccc3)cccc2-c2ccccc2)c2cc(C(C)(C)C)cc(c21)N4c1ccc2c3ccccc3c3ccccc3c2c1. The van der Waals surface area contributed by atoms with Gasteiger partial charge in [0.05, 0.1) is 5.69 Å². The molecular formula is C92H67B2N3S. The molecule has 0 saturated heterocycles. The molecule has 0 atom stereocenters. The van der Waals surface area contributed by atoms with Crippen molar-refractivity contribution in [3.05, 3.63) is 308 Å². The highest BCUT2D eigenvalue weighted by Crippen LogP contribution is 2.54. The zero-order valence-electron chi connectivity index (χ0n) is 55.7. The van der Waals surface area contributed by atoms with Gasteiger partial charge in [0.25, 0.3) is 6.71 Å². The van der Waals surface area contributed by atoms with Gasteiger partial charge in [0.2, 0.25) is 6.71 Å². The molecule has 0 radical (unpaired) electrons. The zero-order valence-corrected chi connectivity index (χ0v) is 56.5. The van der Waals surface area contributed by atoms with Gasteiger partial charge in [-0.3, -0.25) is 0 Å². The molecule has 4 aliphatic rings. The summed E-state index contributed by atoms with van der Waals surface area (Å²) in [5, 5.41) is 15.1. The van der Waals surface area contributed by atoms with E-state index < -0.39 is 0 Å².